The first-order chi connectivity index (χ1) is 9.13. The summed E-state index contributed by atoms with van der Waals surface area (Å²) in [6, 6.07) is 7.03. The molecule has 0 heterocycles. The summed E-state index contributed by atoms with van der Waals surface area (Å²) in [4.78, 5) is 11.8. The van der Waals surface area contributed by atoms with Gasteiger partial charge in [-0.3, -0.25) is 4.79 Å². The Morgan fingerprint density at radius 2 is 2.26 bits per heavy atom. The van der Waals surface area contributed by atoms with Crippen LogP contribution >= 0.6 is 12.2 Å². The van der Waals surface area contributed by atoms with E-state index in [0.717, 1.165) is 6.42 Å². The highest BCUT2D eigenvalue weighted by Gasteiger charge is 2.03. The largest absolute Gasteiger partial charge is 0.484 e. The molecule has 5 nitrogen and oxygen atoms in total. The lowest BCUT2D eigenvalue weighted by Gasteiger charge is -2.08. The normalized spacial score (nSPS) is 9.95. The van der Waals surface area contributed by atoms with Crippen LogP contribution in [0.25, 0.3) is 0 Å². The minimum Gasteiger partial charge on any atom is -0.484 e. The third-order valence-corrected chi connectivity index (χ3v) is 2.57. The second kappa shape index (κ2) is 8.44. The van der Waals surface area contributed by atoms with Crippen molar-refractivity contribution in [2.45, 2.75) is 6.42 Å². The minimum atomic E-state index is -0.170. The number of carbonyl (C=O) groups excluding carboxylic acids is 1. The van der Waals surface area contributed by atoms with E-state index in [1.165, 1.54) is 0 Å². The zero-order valence-electron chi connectivity index (χ0n) is 10.8. The van der Waals surface area contributed by atoms with Gasteiger partial charge in [-0.1, -0.05) is 24.4 Å². The molecule has 0 unspecified atom stereocenters. The minimum absolute atomic E-state index is 0.0340. The number of methoxy groups -OCH3 is 1. The highest BCUT2D eigenvalue weighted by molar-refractivity contribution is 7.80. The lowest BCUT2D eigenvalue weighted by molar-refractivity contribution is -0.123. The first-order valence-corrected chi connectivity index (χ1v) is 6.32. The van der Waals surface area contributed by atoms with Gasteiger partial charge in [-0.05, 0) is 18.6 Å². The number of hydrogen-bond acceptors (Lipinski definition) is 4. The van der Waals surface area contributed by atoms with Gasteiger partial charge < -0.3 is 20.5 Å². The molecule has 19 heavy (non-hydrogen) atoms. The summed E-state index contributed by atoms with van der Waals surface area (Å²) < 4.78 is 10.2. The van der Waals surface area contributed by atoms with Crippen molar-refractivity contribution in [2.24, 2.45) is 5.73 Å². The first kappa shape index (κ1) is 15.4. The van der Waals surface area contributed by atoms with Crippen molar-refractivity contribution in [3.05, 3.63) is 29.8 Å². The molecule has 0 aliphatic rings. The molecule has 1 amide bonds. The van der Waals surface area contributed by atoms with Crippen LogP contribution < -0.4 is 15.8 Å². The molecular formula is C13H18N2O3S. The molecule has 104 valence electrons. The van der Waals surface area contributed by atoms with Gasteiger partial charge in [0.25, 0.3) is 5.91 Å². The summed E-state index contributed by atoms with van der Waals surface area (Å²) in [5, 5.41) is 2.73. The maximum atomic E-state index is 11.5. The molecule has 0 aliphatic heterocycles. The number of nitrogens with one attached hydrogen (secondary N) is 1. The monoisotopic (exact) mass is 282 g/mol. The van der Waals surface area contributed by atoms with Crippen LogP contribution in [0.15, 0.2) is 24.3 Å². The van der Waals surface area contributed by atoms with Crippen molar-refractivity contribution in [3.8, 4) is 5.75 Å². The second-order valence-corrected chi connectivity index (χ2v) is 4.32. The predicted octanol–water partition coefficient (Wildman–Crippen LogP) is 0.852. The molecule has 3 N–H and O–H groups in total. The van der Waals surface area contributed by atoms with Crippen LogP contribution in [0, 0.1) is 0 Å². The Hall–Kier alpha value is -1.66. The lowest BCUT2D eigenvalue weighted by atomic mass is 10.2. The Morgan fingerprint density at radius 3 is 2.95 bits per heavy atom. The molecule has 0 aromatic heterocycles. The van der Waals surface area contributed by atoms with E-state index in [-0.39, 0.29) is 12.5 Å². The number of thiocarbonyl (C=S) groups is 1. The quantitative estimate of drug-likeness (QED) is 0.546. The van der Waals surface area contributed by atoms with Gasteiger partial charge in [0.1, 0.15) is 10.7 Å². The molecule has 1 rings (SSSR count). The van der Waals surface area contributed by atoms with E-state index >= 15 is 0 Å². The fourth-order valence-corrected chi connectivity index (χ4v) is 1.51. The molecule has 6 heteroatoms. The van der Waals surface area contributed by atoms with Crippen LogP contribution in [0.1, 0.15) is 12.0 Å². The standard InChI is InChI=1S/C13H18N2O3S/c1-17-7-3-6-15-12(16)9-18-11-5-2-4-10(8-11)13(14)19/h2,4-5,8H,3,6-7,9H2,1H3,(H2,14,19)(H,15,16). The topological polar surface area (TPSA) is 73.6 Å². The molecule has 1 aromatic rings. The highest BCUT2D eigenvalue weighted by atomic mass is 32.1. The molecule has 0 spiro atoms. The summed E-state index contributed by atoms with van der Waals surface area (Å²) in [6.45, 7) is 1.16. The van der Waals surface area contributed by atoms with Gasteiger partial charge in [0.05, 0.1) is 0 Å². The number of carbonyl (C=O) groups is 1. The zero-order chi connectivity index (χ0) is 14.1. The average molecular weight is 282 g/mol. The van der Waals surface area contributed by atoms with Crippen LogP contribution in [-0.4, -0.2) is 37.8 Å². The summed E-state index contributed by atoms with van der Waals surface area (Å²) in [5.41, 5.74) is 6.23. The summed E-state index contributed by atoms with van der Waals surface area (Å²) >= 11 is 4.87. The first-order valence-electron chi connectivity index (χ1n) is 5.92. The van der Waals surface area contributed by atoms with E-state index in [0.29, 0.717) is 29.5 Å². The van der Waals surface area contributed by atoms with Gasteiger partial charge in [-0.25, -0.2) is 0 Å². The molecule has 0 fully saturated rings. The number of ether oxygens (including phenoxy) is 2. The van der Waals surface area contributed by atoms with E-state index in [1.807, 2.05) is 0 Å². The third kappa shape index (κ3) is 6.17. The van der Waals surface area contributed by atoms with Crippen LogP contribution in [0.4, 0.5) is 0 Å². The van der Waals surface area contributed by atoms with E-state index in [1.54, 1.807) is 31.4 Å². The molecule has 0 saturated carbocycles. The summed E-state index contributed by atoms with van der Waals surface area (Å²) in [7, 11) is 1.62. The summed E-state index contributed by atoms with van der Waals surface area (Å²) in [6.07, 6.45) is 0.777. The fourth-order valence-electron chi connectivity index (χ4n) is 1.38. The second-order valence-electron chi connectivity index (χ2n) is 3.88. The van der Waals surface area contributed by atoms with Crippen LogP contribution in [0.3, 0.4) is 0 Å². The van der Waals surface area contributed by atoms with Gasteiger partial charge in [-0.2, -0.15) is 0 Å². The molecule has 0 aliphatic carbocycles. The van der Waals surface area contributed by atoms with Gasteiger partial charge >= 0.3 is 0 Å². The highest BCUT2D eigenvalue weighted by Crippen LogP contribution is 2.12. The number of nitrogens with two attached hydrogens (primary N) is 1. The smallest absolute Gasteiger partial charge is 0.257 e. The van der Waals surface area contributed by atoms with Crippen molar-refractivity contribution in [3.63, 3.8) is 0 Å². The van der Waals surface area contributed by atoms with Gasteiger partial charge in [0.15, 0.2) is 6.61 Å². The van der Waals surface area contributed by atoms with Crippen molar-refractivity contribution in [1.29, 1.82) is 0 Å². The maximum Gasteiger partial charge on any atom is 0.257 e. The molecule has 0 radical (unpaired) electrons. The molecule has 0 bridgehead atoms. The van der Waals surface area contributed by atoms with Crippen LogP contribution in [-0.2, 0) is 9.53 Å². The van der Waals surface area contributed by atoms with Crippen molar-refractivity contribution >= 4 is 23.1 Å². The Balaban J connectivity index is 2.33. The number of hydrogen-bond donors (Lipinski definition) is 2. The van der Waals surface area contributed by atoms with Crippen molar-refractivity contribution in [1.82, 2.24) is 5.32 Å². The van der Waals surface area contributed by atoms with Crippen LogP contribution in [0.2, 0.25) is 0 Å². The Bertz CT molecular complexity index is 438. The van der Waals surface area contributed by atoms with E-state index < -0.39 is 0 Å². The zero-order valence-corrected chi connectivity index (χ0v) is 11.7. The van der Waals surface area contributed by atoms with Crippen molar-refractivity contribution < 1.29 is 14.3 Å². The van der Waals surface area contributed by atoms with Gasteiger partial charge in [0.2, 0.25) is 0 Å². The molecule has 0 atom stereocenters. The summed E-state index contributed by atoms with van der Waals surface area (Å²) in [5.74, 6) is 0.397. The number of rotatable bonds is 8. The van der Waals surface area contributed by atoms with E-state index in [2.05, 4.69) is 5.32 Å². The Labute approximate surface area is 118 Å². The lowest BCUT2D eigenvalue weighted by Crippen LogP contribution is -2.30. The number of amides is 1. The van der Waals surface area contributed by atoms with Gasteiger partial charge in [-0.15, -0.1) is 0 Å². The molecule has 0 saturated heterocycles. The predicted molar refractivity (Wildman–Crippen MR) is 77.3 cm³/mol. The van der Waals surface area contributed by atoms with E-state index in [4.69, 9.17) is 27.4 Å². The molecular weight excluding hydrogens is 264 g/mol. The van der Waals surface area contributed by atoms with E-state index in [9.17, 15) is 4.79 Å². The Kier molecular flexibility index (Phi) is 6.84. The number of benzene rings is 1. The third-order valence-electron chi connectivity index (χ3n) is 2.34. The van der Waals surface area contributed by atoms with Crippen LogP contribution in [0.5, 0.6) is 5.75 Å². The fraction of sp³-hybridized carbons (Fsp3) is 0.385. The SMILES string of the molecule is COCCCNC(=O)COc1cccc(C(N)=S)c1. The molecule has 1 aromatic carbocycles. The Morgan fingerprint density at radius 1 is 1.47 bits per heavy atom. The maximum absolute atomic E-state index is 11.5. The average Bonchev–Trinajstić information content (AvgIpc) is 2.41. The van der Waals surface area contributed by atoms with Gasteiger partial charge in [0, 0.05) is 25.8 Å². The van der Waals surface area contributed by atoms with Crippen molar-refractivity contribution in [2.75, 3.05) is 26.9 Å².